The van der Waals surface area contributed by atoms with Gasteiger partial charge in [0.05, 0.1) is 12.2 Å². The van der Waals surface area contributed by atoms with Gasteiger partial charge in [-0.2, -0.15) is 5.10 Å². The van der Waals surface area contributed by atoms with Crippen molar-refractivity contribution in [3.05, 3.63) is 54.1 Å². The number of amides is 1. The van der Waals surface area contributed by atoms with Gasteiger partial charge in [0.1, 0.15) is 23.5 Å². The number of aromatic nitrogens is 3. The Balaban J connectivity index is 1.60. The van der Waals surface area contributed by atoms with Gasteiger partial charge in [0.2, 0.25) is 5.91 Å². The summed E-state index contributed by atoms with van der Waals surface area (Å²) in [4.78, 5) is 18.1. The predicted molar refractivity (Wildman–Crippen MR) is 113 cm³/mol. The molecule has 1 saturated carbocycles. The highest BCUT2D eigenvalue weighted by atomic mass is 19.1. The Hall–Kier alpha value is -3.13. The van der Waals surface area contributed by atoms with Gasteiger partial charge < -0.3 is 5.32 Å². The number of pyridine rings is 1. The third kappa shape index (κ3) is 3.83. The molecular weight excluding hydrogens is 400 g/mol. The Morgan fingerprint density at radius 3 is 2.61 bits per heavy atom. The van der Waals surface area contributed by atoms with Gasteiger partial charge in [0.25, 0.3) is 0 Å². The largest absolute Gasteiger partial charge is 0.311 e. The molecule has 2 aliphatic rings. The minimum Gasteiger partial charge on any atom is -0.311 e. The molecule has 160 valence electrons. The molecule has 3 heterocycles. The highest BCUT2D eigenvalue weighted by Gasteiger charge is 2.36. The summed E-state index contributed by atoms with van der Waals surface area (Å²) in [6, 6.07) is 10.3. The number of alkyl halides is 1. The Kier molecular flexibility index (Phi) is 5.02. The van der Waals surface area contributed by atoms with Crippen molar-refractivity contribution in [1.82, 2.24) is 19.7 Å². The zero-order chi connectivity index (χ0) is 21.5. The number of carbonyl (C=O) groups excluding carboxylic acids is 1. The fraction of sp³-hybridized carbons (Fsp3) is 0.348. The number of carbonyl (C=O) groups is 1. The van der Waals surface area contributed by atoms with Crippen molar-refractivity contribution >= 4 is 11.7 Å². The first-order valence-corrected chi connectivity index (χ1v) is 10.5. The zero-order valence-corrected chi connectivity index (χ0v) is 17.2. The molecule has 6 nitrogen and oxygen atoms in total. The van der Waals surface area contributed by atoms with Gasteiger partial charge in [0, 0.05) is 43.4 Å². The van der Waals surface area contributed by atoms with E-state index in [9.17, 15) is 13.6 Å². The van der Waals surface area contributed by atoms with E-state index in [1.165, 1.54) is 19.1 Å². The van der Waals surface area contributed by atoms with Gasteiger partial charge in [0.15, 0.2) is 0 Å². The number of halogens is 2. The van der Waals surface area contributed by atoms with Gasteiger partial charge in [-0.1, -0.05) is 0 Å². The van der Waals surface area contributed by atoms with Crippen LogP contribution in [0.1, 0.15) is 25.5 Å². The standard InChI is InChI=1S/C23H23F2N5O/c1-14(31)27-21-10-16(6-7-26-21)22-20-13-29(19-11-18(25)12-19)8-9-30(20)28-23(22)15-2-4-17(24)5-3-15/h2-7,10,18-19H,8-9,11-13H2,1H3,(H,26,27,31). The van der Waals surface area contributed by atoms with Crippen LogP contribution in [0.5, 0.6) is 0 Å². The van der Waals surface area contributed by atoms with Gasteiger partial charge in [-0.25, -0.2) is 13.8 Å². The second-order valence-corrected chi connectivity index (χ2v) is 8.20. The first-order chi connectivity index (χ1) is 15.0. The number of rotatable bonds is 4. The molecule has 0 atom stereocenters. The number of benzene rings is 1. The normalized spacial score (nSPS) is 20.7. The van der Waals surface area contributed by atoms with Crippen LogP contribution in [-0.4, -0.2) is 44.3 Å². The van der Waals surface area contributed by atoms with Crippen molar-refractivity contribution in [2.75, 3.05) is 11.9 Å². The maximum absolute atomic E-state index is 13.5. The van der Waals surface area contributed by atoms with E-state index in [1.54, 1.807) is 18.3 Å². The summed E-state index contributed by atoms with van der Waals surface area (Å²) >= 11 is 0. The minimum absolute atomic E-state index is 0.197. The lowest BCUT2D eigenvalue weighted by Gasteiger charge is -2.41. The Labute approximate surface area is 178 Å². The lowest BCUT2D eigenvalue weighted by Crippen LogP contribution is -2.48. The molecule has 1 aliphatic heterocycles. The summed E-state index contributed by atoms with van der Waals surface area (Å²) in [5.74, 6) is -0.0395. The number of fused-ring (bicyclic) bond motifs is 1. The van der Waals surface area contributed by atoms with E-state index < -0.39 is 6.17 Å². The second-order valence-electron chi connectivity index (χ2n) is 8.20. The van der Waals surface area contributed by atoms with E-state index >= 15 is 0 Å². The van der Waals surface area contributed by atoms with Gasteiger partial charge in [-0.3, -0.25) is 14.4 Å². The summed E-state index contributed by atoms with van der Waals surface area (Å²) in [6.07, 6.45) is 2.11. The quantitative estimate of drug-likeness (QED) is 0.688. The van der Waals surface area contributed by atoms with Crippen LogP contribution >= 0.6 is 0 Å². The summed E-state index contributed by atoms with van der Waals surface area (Å²) in [6.45, 7) is 3.63. The van der Waals surface area contributed by atoms with Crippen molar-refractivity contribution in [1.29, 1.82) is 0 Å². The lowest BCUT2D eigenvalue weighted by atomic mass is 9.88. The summed E-state index contributed by atoms with van der Waals surface area (Å²) in [5, 5.41) is 7.58. The molecule has 5 rings (SSSR count). The van der Waals surface area contributed by atoms with Gasteiger partial charge >= 0.3 is 0 Å². The van der Waals surface area contributed by atoms with Crippen LogP contribution in [0.15, 0.2) is 42.6 Å². The molecule has 1 N–H and O–H groups in total. The fourth-order valence-electron chi connectivity index (χ4n) is 4.42. The molecule has 1 aliphatic carbocycles. The summed E-state index contributed by atoms with van der Waals surface area (Å²) in [5.41, 5.74) is 4.41. The van der Waals surface area contributed by atoms with Crippen molar-refractivity contribution in [3.63, 3.8) is 0 Å². The van der Waals surface area contributed by atoms with Crippen molar-refractivity contribution in [2.45, 2.75) is 45.1 Å². The molecule has 1 fully saturated rings. The van der Waals surface area contributed by atoms with Crippen LogP contribution in [0.25, 0.3) is 22.4 Å². The zero-order valence-electron chi connectivity index (χ0n) is 17.2. The average molecular weight is 423 g/mol. The summed E-state index contributed by atoms with van der Waals surface area (Å²) < 4.78 is 29.0. The summed E-state index contributed by atoms with van der Waals surface area (Å²) in [7, 11) is 0. The average Bonchev–Trinajstić information content (AvgIpc) is 3.10. The van der Waals surface area contributed by atoms with Crippen molar-refractivity contribution in [3.8, 4) is 22.4 Å². The third-order valence-electron chi connectivity index (χ3n) is 6.05. The first-order valence-electron chi connectivity index (χ1n) is 10.5. The number of hydrogen-bond acceptors (Lipinski definition) is 4. The monoisotopic (exact) mass is 423 g/mol. The molecule has 0 spiro atoms. The molecule has 3 aromatic rings. The third-order valence-corrected chi connectivity index (χ3v) is 6.05. The van der Waals surface area contributed by atoms with E-state index in [4.69, 9.17) is 5.10 Å². The lowest BCUT2D eigenvalue weighted by molar-refractivity contribution is -0.114. The van der Waals surface area contributed by atoms with Crippen LogP contribution in [0.2, 0.25) is 0 Å². The molecule has 0 radical (unpaired) electrons. The molecule has 1 aromatic carbocycles. The minimum atomic E-state index is -0.702. The van der Waals surface area contributed by atoms with E-state index in [2.05, 4.69) is 15.2 Å². The smallest absolute Gasteiger partial charge is 0.222 e. The van der Waals surface area contributed by atoms with E-state index in [-0.39, 0.29) is 17.8 Å². The maximum Gasteiger partial charge on any atom is 0.222 e. The van der Waals surface area contributed by atoms with Crippen LogP contribution in [-0.2, 0) is 17.9 Å². The van der Waals surface area contributed by atoms with E-state index in [0.29, 0.717) is 31.7 Å². The van der Waals surface area contributed by atoms with Crippen molar-refractivity contribution in [2.24, 2.45) is 0 Å². The van der Waals surface area contributed by atoms with Crippen LogP contribution in [0.4, 0.5) is 14.6 Å². The highest BCUT2D eigenvalue weighted by Crippen LogP contribution is 2.39. The predicted octanol–water partition coefficient (Wildman–Crippen LogP) is 4.03. The Morgan fingerprint density at radius 2 is 1.90 bits per heavy atom. The number of nitrogens with one attached hydrogen (secondary N) is 1. The fourth-order valence-corrected chi connectivity index (χ4v) is 4.42. The molecule has 31 heavy (non-hydrogen) atoms. The Morgan fingerprint density at radius 1 is 1.13 bits per heavy atom. The van der Waals surface area contributed by atoms with Crippen LogP contribution in [0, 0.1) is 5.82 Å². The molecule has 1 amide bonds. The molecule has 0 bridgehead atoms. The number of anilines is 1. The van der Waals surface area contributed by atoms with Gasteiger partial charge in [-0.05, 0) is 54.8 Å². The SMILES string of the molecule is CC(=O)Nc1cc(-c2c(-c3ccc(F)cc3)nn3c2CN(C2CC(F)C2)CC3)ccn1. The van der Waals surface area contributed by atoms with Gasteiger partial charge in [-0.15, -0.1) is 0 Å². The van der Waals surface area contributed by atoms with Crippen molar-refractivity contribution < 1.29 is 13.6 Å². The van der Waals surface area contributed by atoms with E-state index in [1.807, 2.05) is 16.8 Å². The molecule has 0 saturated heterocycles. The number of nitrogens with zero attached hydrogens (tertiary/aromatic N) is 4. The molecule has 8 heteroatoms. The van der Waals surface area contributed by atoms with E-state index in [0.717, 1.165) is 34.6 Å². The number of hydrogen-bond donors (Lipinski definition) is 1. The van der Waals surface area contributed by atoms with Crippen LogP contribution < -0.4 is 5.32 Å². The topological polar surface area (TPSA) is 63.1 Å². The molecule has 2 aromatic heterocycles. The molecule has 0 unspecified atom stereocenters. The second kappa shape index (κ2) is 7.85. The highest BCUT2D eigenvalue weighted by molar-refractivity contribution is 5.89. The van der Waals surface area contributed by atoms with Crippen LogP contribution in [0.3, 0.4) is 0 Å². The first kappa shape index (κ1) is 19.8. The Bertz CT molecular complexity index is 1120. The molecular formula is C23H23F2N5O. The maximum atomic E-state index is 13.5.